The Labute approximate surface area is 104 Å². The molecule has 90 valence electrons. The molecular formula is C10H9NiO4S-. The Balaban J connectivity index is 0.00000128. The summed E-state index contributed by atoms with van der Waals surface area (Å²) in [6.45, 7) is 0. The summed E-state index contributed by atoms with van der Waals surface area (Å²) in [4.78, 5) is -0.208. The van der Waals surface area contributed by atoms with Gasteiger partial charge in [-0.1, -0.05) is 24.3 Å². The van der Waals surface area contributed by atoms with E-state index in [0.29, 0.717) is 5.39 Å². The van der Waals surface area contributed by atoms with Crippen LogP contribution in [0.1, 0.15) is 1.43 Å². The smallest absolute Gasteiger partial charge is 0.294 e. The minimum absolute atomic E-state index is 0. The van der Waals surface area contributed by atoms with Crippen LogP contribution < -0.4 is 5.11 Å². The molecule has 0 aromatic heterocycles. The van der Waals surface area contributed by atoms with Gasteiger partial charge in [0, 0.05) is 17.9 Å². The van der Waals surface area contributed by atoms with E-state index in [0.717, 1.165) is 5.39 Å². The van der Waals surface area contributed by atoms with Crippen LogP contribution in [0.3, 0.4) is 0 Å². The van der Waals surface area contributed by atoms with Crippen molar-refractivity contribution < 1.29 is 36.0 Å². The Morgan fingerprint density at radius 3 is 2.31 bits per heavy atom. The molecule has 2 aromatic rings. The van der Waals surface area contributed by atoms with Crippen LogP contribution in [0.5, 0.6) is 5.75 Å². The molecule has 6 heteroatoms. The molecule has 0 spiro atoms. The fourth-order valence-electron chi connectivity index (χ4n) is 1.36. The molecule has 4 nitrogen and oxygen atoms in total. The van der Waals surface area contributed by atoms with E-state index in [-0.39, 0.29) is 28.6 Å². The largest absolute Gasteiger partial charge is 0.872 e. The van der Waals surface area contributed by atoms with Crippen LogP contribution in [0.2, 0.25) is 0 Å². The third-order valence-corrected chi connectivity index (χ3v) is 2.93. The van der Waals surface area contributed by atoms with Crippen molar-refractivity contribution in [1.82, 2.24) is 0 Å². The number of fused-ring (bicyclic) bond motifs is 1. The molecule has 0 amide bonds. The van der Waals surface area contributed by atoms with E-state index < -0.39 is 10.1 Å². The fraction of sp³-hybridized carbons (Fsp3) is 0. The Morgan fingerprint density at radius 2 is 1.69 bits per heavy atom. The quantitative estimate of drug-likeness (QED) is 0.634. The van der Waals surface area contributed by atoms with Gasteiger partial charge in [-0.25, -0.2) is 0 Å². The fourth-order valence-corrected chi connectivity index (χ4v) is 1.88. The van der Waals surface area contributed by atoms with E-state index in [9.17, 15) is 13.5 Å². The maximum atomic E-state index is 11.0. The van der Waals surface area contributed by atoms with Crippen LogP contribution in [0.25, 0.3) is 10.8 Å². The van der Waals surface area contributed by atoms with E-state index in [4.69, 9.17) is 4.55 Å². The predicted molar refractivity (Wildman–Crippen MR) is 55.3 cm³/mol. The monoisotopic (exact) mass is 283 g/mol. The molecule has 2 aromatic carbocycles. The van der Waals surface area contributed by atoms with Crippen molar-refractivity contribution in [3.05, 3.63) is 36.4 Å². The first-order valence-electron chi connectivity index (χ1n) is 4.15. The van der Waals surface area contributed by atoms with Gasteiger partial charge in [0.2, 0.25) is 0 Å². The first-order chi connectivity index (χ1) is 6.97. The van der Waals surface area contributed by atoms with E-state index in [1.165, 1.54) is 30.3 Å². The average Bonchev–Trinajstić information content (AvgIpc) is 2.15. The molecule has 16 heavy (non-hydrogen) atoms. The topological polar surface area (TPSA) is 77.4 Å². The summed E-state index contributed by atoms with van der Waals surface area (Å²) in [6, 6.07) is 8.43. The van der Waals surface area contributed by atoms with Gasteiger partial charge in [-0.15, -0.1) is 5.75 Å². The van der Waals surface area contributed by atoms with Gasteiger partial charge in [0.15, 0.2) is 0 Å². The molecule has 0 unspecified atom stereocenters. The SMILES string of the molecule is O=S(=O)(O)c1ccc2ccc([O-])cc2c1.[HH].[Ni]. The standard InChI is InChI=1S/C10H8O4S.Ni.H2/c11-9-3-1-7-2-4-10(15(12,13)14)6-8(7)5-9;;/h1-6,11H,(H,12,13,14);;1H/p-1. The summed E-state index contributed by atoms with van der Waals surface area (Å²) < 4.78 is 30.5. The third-order valence-electron chi connectivity index (χ3n) is 2.08. The molecule has 0 radical (unpaired) electrons. The zero-order valence-electron chi connectivity index (χ0n) is 7.86. The second-order valence-electron chi connectivity index (χ2n) is 3.15. The number of hydrogen-bond donors (Lipinski definition) is 1. The maximum absolute atomic E-state index is 11.0. The molecule has 0 heterocycles. The predicted octanol–water partition coefficient (Wildman–Crippen LogP) is 1.40. The first kappa shape index (κ1) is 13.0. The van der Waals surface area contributed by atoms with Crippen LogP contribution >= 0.6 is 0 Å². The zero-order valence-corrected chi connectivity index (χ0v) is 9.66. The first-order valence-corrected chi connectivity index (χ1v) is 5.59. The average molecular weight is 284 g/mol. The third kappa shape index (κ3) is 2.53. The van der Waals surface area contributed by atoms with Crippen molar-refractivity contribution >= 4 is 20.9 Å². The second-order valence-corrected chi connectivity index (χ2v) is 4.57. The van der Waals surface area contributed by atoms with E-state index in [2.05, 4.69) is 0 Å². The number of rotatable bonds is 1. The molecule has 0 bridgehead atoms. The molecule has 0 aliphatic carbocycles. The van der Waals surface area contributed by atoms with E-state index >= 15 is 0 Å². The van der Waals surface area contributed by atoms with Crippen LogP contribution in [0.4, 0.5) is 0 Å². The van der Waals surface area contributed by atoms with Crippen molar-refractivity contribution in [1.29, 1.82) is 0 Å². The summed E-state index contributed by atoms with van der Waals surface area (Å²) >= 11 is 0. The Morgan fingerprint density at radius 1 is 1.06 bits per heavy atom. The minimum atomic E-state index is -4.21. The minimum Gasteiger partial charge on any atom is -0.872 e. The number of hydrogen-bond acceptors (Lipinski definition) is 3. The van der Waals surface area contributed by atoms with Crippen molar-refractivity contribution in [2.45, 2.75) is 4.90 Å². The van der Waals surface area contributed by atoms with E-state index in [1.807, 2.05) is 0 Å². The van der Waals surface area contributed by atoms with Gasteiger partial charge in [-0.2, -0.15) is 8.42 Å². The van der Waals surface area contributed by atoms with Crippen molar-refractivity contribution in [3.8, 4) is 5.75 Å². The van der Waals surface area contributed by atoms with Gasteiger partial charge in [0.05, 0.1) is 4.90 Å². The van der Waals surface area contributed by atoms with E-state index in [1.54, 1.807) is 6.07 Å². The molecular weight excluding hydrogens is 275 g/mol. The molecule has 1 N–H and O–H groups in total. The Bertz CT molecular complexity index is 627. The zero-order chi connectivity index (χ0) is 11.1. The summed E-state index contributed by atoms with van der Waals surface area (Å²) in [5, 5.41) is 12.3. The molecule has 0 fully saturated rings. The van der Waals surface area contributed by atoms with Gasteiger partial charge in [0.25, 0.3) is 10.1 Å². The Kier molecular flexibility index (Phi) is 3.58. The van der Waals surface area contributed by atoms with Gasteiger partial charge in [-0.05, 0) is 22.9 Å². The molecule has 0 saturated carbocycles. The number of benzene rings is 2. The van der Waals surface area contributed by atoms with Gasteiger partial charge in [-0.3, -0.25) is 4.55 Å². The molecule has 2 rings (SSSR count). The van der Waals surface area contributed by atoms with Gasteiger partial charge < -0.3 is 5.11 Å². The van der Waals surface area contributed by atoms with Gasteiger partial charge >= 0.3 is 0 Å². The normalized spacial score (nSPS) is 11.1. The van der Waals surface area contributed by atoms with Crippen LogP contribution in [-0.4, -0.2) is 13.0 Å². The van der Waals surface area contributed by atoms with Crippen molar-refractivity contribution in [3.63, 3.8) is 0 Å². The molecule has 0 atom stereocenters. The summed E-state index contributed by atoms with van der Waals surface area (Å²) in [6.07, 6.45) is 0. The van der Waals surface area contributed by atoms with Crippen molar-refractivity contribution in [2.75, 3.05) is 0 Å². The second kappa shape index (κ2) is 4.41. The molecule has 0 aliphatic heterocycles. The molecule has 0 saturated heterocycles. The summed E-state index contributed by atoms with van der Waals surface area (Å²) in [7, 11) is -4.21. The van der Waals surface area contributed by atoms with Gasteiger partial charge in [0.1, 0.15) is 0 Å². The Hall–Kier alpha value is -1.10. The van der Waals surface area contributed by atoms with Crippen LogP contribution in [-0.2, 0) is 26.6 Å². The summed E-state index contributed by atoms with van der Waals surface area (Å²) in [5.74, 6) is -0.199. The summed E-state index contributed by atoms with van der Waals surface area (Å²) in [5.41, 5.74) is 0. The molecule has 0 aliphatic rings. The maximum Gasteiger partial charge on any atom is 0.294 e. The van der Waals surface area contributed by atoms with Crippen LogP contribution in [0, 0.1) is 0 Å². The van der Waals surface area contributed by atoms with Crippen LogP contribution in [0.15, 0.2) is 41.3 Å². The van der Waals surface area contributed by atoms with Crippen molar-refractivity contribution in [2.24, 2.45) is 0 Å².